The second-order valence-corrected chi connectivity index (χ2v) is 5.23. The lowest BCUT2D eigenvalue weighted by atomic mass is 10.5. The summed E-state index contributed by atoms with van der Waals surface area (Å²) < 4.78 is 94.1. The van der Waals surface area contributed by atoms with Gasteiger partial charge in [0.2, 0.25) is 0 Å². The molecular formula is C7H3ClF6N2O2S. The Balaban J connectivity index is 3.45. The Kier molecular flexibility index (Phi) is 3.92. The van der Waals surface area contributed by atoms with Gasteiger partial charge in [-0.05, 0) is 12.1 Å². The normalized spacial score (nSPS) is 13.4. The largest absolute Gasteiger partial charge is 0.517 e. The molecule has 1 rings (SSSR count). The summed E-state index contributed by atoms with van der Waals surface area (Å²) >= 11 is 5.30. The first kappa shape index (κ1) is 15.8. The summed E-state index contributed by atoms with van der Waals surface area (Å²) in [7, 11) is -6.66. The number of rotatable bonds is 2. The lowest BCUT2D eigenvalue weighted by molar-refractivity contribution is -0.120. The topological polar surface area (TPSA) is 50.3 Å². The van der Waals surface area contributed by atoms with Crippen molar-refractivity contribution in [3.05, 3.63) is 23.4 Å². The molecule has 1 heterocycles. The van der Waals surface area contributed by atoms with Crippen LogP contribution in [0, 0.1) is 0 Å². The fourth-order valence-electron chi connectivity index (χ4n) is 0.981. The monoisotopic (exact) mass is 328 g/mol. The van der Waals surface area contributed by atoms with E-state index >= 15 is 0 Å². The van der Waals surface area contributed by atoms with Gasteiger partial charge in [-0.1, -0.05) is 11.6 Å². The SMILES string of the molecule is O=S(=O)(N(c1ccc(Cl)cn1)C(F)(F)F)C(F)(F)F. The molecule has 0 aliphatic rings. The Morgan fingerprint density at radius 1 is 1.11 bits per heavy atom. The molecule has 4 nitrogen and oxygen atoms in total. The quantitative estimate of drug-likeness (QED) is 0.619. The average molecular weight is 329 g/mol. The first-order valence-corrected chi connectivity index (χ1v) is 5.99. The van der Waals surface area contributed by atoms with Crippen LogP contribution in [-0.4, -0.2) is 25.2 Å². The number of aromatic nitrogens is 1. The molecule has 0 saturated carbocycles. The fraction of sp³-hybridized carbons (Fsp3) is 0.286. The number of alkyl halides is 6. The van der Waals surface area contributed by atoms with Crippen molar-refractivity contribution in [1.82, 2.24) is 4.98 Å². The van der Waals surface area contributed by atoms with E-state index in [2.05, 4.69) is 4.98 Å². The molecule has 0 unspecified atom stereocenters. The van der Waals surface area contributed by atoms with Gasteiger partial charge in [0.25, 0.3) is 0 Å². The van der Waals surface area contributed by atoms with Gasteiger partial charge in [0.15, 0.2) is 5.82 Å². The maximum Gasteiger partial charge on any atom is 0.517 e. The molecule has 108 valence electrons. The van der Waals surface area contributed by atoms with Crippen molar-refractivity contribution in [2.24, 2.45) is 0 Å². The van der Waals surface area contributed by atoms with Crippen molar-refractivity contribution in [3.63, 3.8) is 0 Å². The molecule has 0 atom stereocenters. The van der Waals surface area contributed by atoms with Gasteiger partial charge in [0, 0.05) is 6.20 Å². The Bertz CT molecular complexity index is 552. The third-order valence-electron chi connectivity index (χ3n) is 1.68. The van der Waals surface area contributed by atoms with E-state index in [1.807, 2.05) is 0 Å². The standard InChI is InChI=1S/C7H3ClF6N2O2S/c8-4-1-2-5(15-3-4)16(6(9,10)11)19(17,18)7(12,13)14/h1-3H. The Hall–Kier alpha value is -1.23. The number of nitrogens with zero attached hydrogens (tertiary/aromatic N) is 2. The molecule has 0 saturated heterocycles. The third kappa shape index (κ3) is 3.21. The average Bonchev–Trinajstić information content (AvgIpc) is 2.17. The maximum absolute atomic E-state index is 12.5. The van der Waals surface area contributed by atoms with Gasteiger partial charge in [0.1, 0.15) is 0 Å². The minimum absolute atomic E-state index is 0.171. The van der Waals surface area contributed by atoms with Crippen molar-refractivity contribution >= 4 is 27.4 Å². The van der Waals surface area contributed by atoms with Gasteiger partial charge in [0.05, 0.1) is 5.02 Å². The van der Waals surface area contributed by atoms with E-state index in [1.54, 1.807) is 0 Å². The predicted molar refractivity (Wildman–Crippen MR) is 52.8 cm³/mol. The van der Waals surface area contributed by atoms with Crippen LogP contribution in [0.2, 0.25) is 5.02 Å². The van der Waals surface area contributed by atoms with Crippen molar-refractivity contribution in [2.45, 2.75) is 11.8 Å². The number of sulfonamides is 1. The summed E-state index contributed by atoms with van der Waals surface area (Å²) in [5, 5.41) is -0.171. The summed E-state index contributed by atoms with van der Waals surface area (Å²) in [5.74, 6) is -1.46. The molecule has 0 fully saturated rings. The first-order valence-electron chi connectivity index (χ1n) is 4.17. The molecule has 0 radical (unpaired) electrons. The van der Waals surface area contributed by atoms with Crippen LogP contribution < -0.4 is 4.31 Å². The molecule has 0 aromatic carbocycles. The van der Waals surface area contributed by atoms with Crippen LogP contribution in [0.5, 0.6) is 0 Å². The van der Waals surface area contributed by atoms with Crippen molar-refractivity contribution in [1.29, 1.82) is 0 Å². The zero-order valence-electron chi connectivity index (χ0n) is 8.50. The second kappa shape index (κ2) is 4.71. The van der Waals surface area contributed by atoms with Gasteiger partial charge < -0.3 is 0 Å². The Labute approximate surface area is 107 Å². The van der Waals surface area contributed by atoms with Crippen LogP contribution in [0.3, 0.4) is 0 Å². The highest BCUT2D eigenvalue weighted by Gasteiger charge is 2.59. The summed E-state index contributed by atoms with van der Waals surface area (Å²) in [6.45, 7) is 0. The van der Waals surface area contributed by atoms with E-state index in [-0.39, 0.29) is 5.02 Å². The zero-order valence-corrected chi connectivity index (χ0v) is 10.1. The highest BCUT2D eigenvalue weighted by Crippen LogP contribution is 2.37. The van der Waals surface area contributed by atoms with Gasteiger partial charge in [-0.25, -0.2) is 4.98 Å². The van der Waals surface area contributed by atoms with Crippen LogP contribution in [0.15, 0.2) is 18.3 Å². The van der Waals surface area contributed by atoms with Gasteiger partial charge >= 0.3 is 21.8 Å². The van der Waals surface area contributed by atoms with E-state index in [4.69, 9.17) is 11.6 Å². The molecular weight excluding hydrogens is 326 g/mol. The molecule has 0 amide bonds. The van der Waals surface area contributed by atoms with Crippen molar-refractivity contribution in [2.75, 3.05) is 4.31 Å². The fourth-order valence-corrected chi connectivity index (χ4v) is 1.93. The lowest BCUT2D eigenvalue weighted by Crippen LogP contribution is -2.49. The lowest BCUT2D eigenvalue weighted by Gasteiger charge is -2.25. The van der Waals surface area contributed by atoms with E-state index in [0.29, 0.717) is 12.3 Å². The molecule has 1 aromatic heterocycles. The third-order valence-corrected chi connectivity index (χ3v) is 3.37. The zero-order chi connectivity index (χ0) is 15.1. The number of hydrogen-bond acceptors (Lipinski definition) is 3. The summed E-state index contributed by atoms with van der Waals surface area (Å²) in [6, 6.07) is 1.17. The molecule has 1 aromatic rings. The summed E-state index contributed by atoms with van der Waals surface area (Å²) in [5.41, 5.74) is -6.12. The number of pyridine rings is 1. The van der Waals surface area contributed by atoms with Crippen LogP contribution >= 0.6 is 11.6 Å². The van der Waals surface area contributed by atoms with E-state index in [9.17, 15) is 34.8 Å². The number of halogens is 7. The number of anilines is 1. The van der Waals surface area contributed by atoms with Crippen LogP contribution in [0.4, 0.5) is 32.2 Å². The minimum atomic E-state index is -6.66. The van der Waals surface area contributed by atoms with Crippen LogP contribution in [0.25, 0.3) is 0 Å². The molecule has 0 aliphatic heterocycles. The molecule has 0 N–H and O–H groups in total. The van der Waals surface area contributed by atoms with E-state index in [0.717, 1.165) is 6.07 Å². The molecule has 19 heavy (non-hydrogen) atoms. The van der Waals surface area contributed by atoms with Crippen LogP contribution in [0.1, 0.15) is 0 Å². The predicted octanol–water partition coefficient (Wildman–Crippen LogP) is 2.91. The smallest absolute Gasteiger partial charge is 0.236 e. The van der Waals surface area contributed by atoms with Crippen LogP contribution in [-0.2, 0) is 10.0 Å². The Morgan fingerprint density at radius 2 is 1.63 bits per heavy atom. The van der Waals surface area contributed by atoms with Gasteiger partial charge in [-0.15, -0.1) is 13.2 Å². The summed E-state index contributed by atoms with van der Waals surface area (Å²) in [6.07, 6.45) is -5.24. The minimum Gasteiger partial charge on any atom is -0.236 e. The van der Waals surface area contributed by atoms with Crippen molar-refractivity contribution in [3.8, 4) is 0 Å². The molecule has 12 heteroatoms. The highest BCUT2D eigenvalue weighted by molar-refractivity contribution is 7.93. The molecule has 0 aliphatic carbocycles. The maximum atomic E-state index is 12.5. The molecule has 0 bridgehead atoms. The van der Waals surface area contributed by atoms with Gasteiger partial charge in [-0.3, -0.25) is 0 Å². The molecule has 0 spiro atoms. The summed E-state index contributed by atoms with van der Waals surface area (Å²) in [4.78, 5) is 2.92. The number of hydrogen-bond donors (Lipinski definition) is 0. The van der Waals surface area contributed by atoms with Gasteiger partial charge in [-0.2, -0.15) is 25.9 Å². The Morgan fingerprint density at radius 3 is 1.95 bits per heavy atom. The van der Waals surface area contributed by atoms with E-state index < -0.39 is 32.0 Å². The van der Waals surface area contributed by atoms with Crippen molar-refractivity contribution < 1.29 is 34.8 Å². The van der Waals surface area contributed by atoms with E-state index in [1.165, 1.54) is 0 Å². The first-order chi connectivity index (χ1) is 8.37. The second-order valence-electron chi connectivity index (χ2n) is 3.02. The highest BCUT2D eigenvalue weighted by atomic mass is 35.5.